The third-order valence-electron chi connectivity index (χ3n) is 2.19. The van der Waals surface area contributed by atoms with E-state index < -0.39 is 16.0 Å². The minimum atomic E-state index is -1.41. The molecule has 0 fully saturated rings. The molecule has 98 valence electrons. The van der Waals surface area contributed by atoms with Gasteiger partial charge in [-0.3, -0.25) is 0 Å². The maximum atomic E-state index is 11.9. The Morgan fingerprint density at radius 1 is 1.35 bits per heavy atom. The first-order valence-corrected chi connectivity index (χ1v) is 19.2. The van der Waals surface area contributed by atoms with Crippen LogP contribution in [0.15, 0.2) is 0 Å². The van der Waals surface area contributed by atoms with Crippen molar-refractivity contribution in [2.45, 2.75) is 50.7 Å². The molecule has 0 aromatic rings. The number of likely N-dealkylation sites (N-methyl/N-ethyl adjacent to an activating group) is 1. The van der Waals surface area contributed by atoms with Gasteiger partial charge in [0.25, 0.3) is 0 Å². The monoisotopic (exact) mass is 446 g/mol. The van der Waals surface area contributed by atoms with Crippen molar-refractivity contribution in [1.82, 2.24) is 4.90 Å². The zero-order chi connectivity index (χ0) is 14.4. The molecule has 0 N–H and O–H groups in total. The Hall–Kier alpha value is 1.07. The number of carbonyl (C=O) groups excluding carboxylic acids is 1. The van der Waals surface area contributed by atoms with E-state index in [1.54, 1.807) is 0 Å². The number of hydrogen-bond donors (Lipinski definition) is 0. The van der Waals surface area contributed by atoms with Gasteiger partial charge in [-0.25, -0.2) is 0 Å². The van der Waals surface area contributed by atoms with Crippen LogP contribution in [0.5, 0.6) is 0 Å². The molecule has 0 unspecified atom stereocenters. The summed E-state index contributed by atoms with van der Waals surface area (Å²) < 4.78 is 1.90. The molecule has 0 amide bonds. The van der Waals surface area contributed by atoms with Gasteiger partial charge in [0, 0.05) is 0 Å². The number of carbonyl (C=O) groups is 1. The number of terminal acetylenes is 1. The van der Waals surface area contributed by atoms with E-state index in [0.717, 1.165) is 0 Å². The zero-order valence-electron chi connectivity index (χ0n) is 12.6. The molecule has 0 spiro atoms. The summed E-state index contributed by atoms with van der Waals surface area (Å²) >= 11 is -0.223. The summed E-state index contributed by atoms with van der Waals surface area (Å²) in [4.78, 5) is 13.9. The first-order chi connectivity index (χ1) is 8.00. The molecule has 0 aliphatic heterocycles. The molecule has 0 saturated heterocycles. The summed E-state index contributed by atoms with van der Waals surface area (Å²) in [5, 5.41) is 0. The van der Waals surface area contributed by atoms with Crippen LogP contribution in [0.4, 0.5) is 0 Å². The van der Waals surface area contributed by atoms with Gasteiger partial charge in [-0.2, -0.15) is 0 Å². The third kappa shape index (κ3) is 13.3. The van der Waals surface area contributed by atoms with Crippen molar-refractivity contribution in [2.24, 2.45) is 0 Å². The fraction of sp³-hybridized carbons (Fsp3) is 0.769. The Morgan fingerprint density at radius 2 is 1.76 bits per heavy atom. The quantitative estimate of drug-likeness (QED) is 0.462. The van der Waals surface area contributed by atoms with Gasteiger partial charge in [-0.1, -0.05) is 13.8 Å². The van der Waals surface area contributed by atoms with Gasteiger partial charge >= 0.3 is 103 Å². The first kappa shape index (κ1) is 23.2. The molecule has 0 saturated carbocycles. The Kier molecular flexibility index (Phi) is 23.3. The Morgan fingerprint density at radius 3 is 2.06 bits per heavy atom. The van der Waals surface area contributed by atoms with Crippen LogP contribution in [-0.2, 0) is 4.79 Å². The van der Waals surface area contributed by atoms with Gasteiger partial charge in [-0.15, -0.1) is 12.8 Å². The number of hydrogen-bond acceptors (Lipinski definition) is 2. The van der Waals surface area contributed by atoms with Crippen molar-refractivity contribution in [1.29, 1.82) is 0 Å². The van der Waals surface area contributed by atoms with Crippen LogP contribution in [0.1, 0.15) is 40.5 Å². The van der Waals surface area contributed by atoms with Crippen molar-refractivity contribution in [3.8, 4) is 12.8 Å². The second kappa shape index (κ2) is 17.1. The van der Waals surface area contributed by atoms with Gasteiger partial charge in [-0.05, 0) is 0 Å². The molecule has 0 aliphatic carbocycles. The van der Waals surface area contributed by atoms with Gasteiger partial charge < -0.3 is 0 Å². The van der Waals surface area contributed by atoms with E-state index >= 15 is 0 Å². The van der Waals surface area contributed by atoms with Crippen LogP contribution in [0.25, 0.3) is 0 Å². The van der Waals surface area contributed by atoms with Gasteiger partial charge in [0.2, 0.25) is 0 Å². The molecule has 0 radical (unpaired) electrons. The average molecular weight is 446 g/mol. The van der Waals surface area contributed by atoms with Gasteiger partial charge in [0.15, 0.2) is 0 Å². The summed E-state index contributed by atoms with van der Waals surface area (Å²) in [6.07, 6.45) is 10.5. The van der Waals surface area contributed by atoms with Crippen LogP contribution < -0.4 is 0 Å². The fourth-order valence-corrected chi connectivity index (χ4v) is 12.2. The Labute approximate surface area is 128 Å². The summed E-state index contributed by atoms with van der Waals surface area (Å²) in [6.45, 7) is 8.25. The molecule has 2 nitrogen and oxygen atoms in total. The van der Waals surface area contributed by atoms with Crippen LogP contribution in [0.3, 0.4) is 0 Å². The zero-order valence-corrected chi connectivity index (χ0v) is 17.5. The van der Waals surface area contributed by atoms with Crippen LogP contribution in [-0.4, -0.2) is 51.3 Å². The van der Waals surface area contributed by atoms with E-state index in [9.17, 15) is 4.79 Å². The molecule has 17 heavy (non-hydrogen) atoms. The summed E-state index contributed by atoms with van der Waals surface area (Å²) in [5.41, 5.74) is 0. The minimum absolute atomic E-state index is 0.179. The summed E-state index contributed by atoms with van der Waals surface area (Å²) in [7, 11) is 4.00. The molecular weight excluding hydrogens is 419 g/mol. The molecular formula is C13H27AtNNaO. The average Bonchev–Trinajstić information content (AvgIpc) is 2.38. The topological polar surface area (TPSA) is 20.3 Å². The van der Waals surface area contributed by atoms with Crippen LogP contribution in [0.2, 0.25) is 4.13 Å². The molecule has 0 aliphatic rings. The maximum absolute atomic E-state index is 11.9. The number of rotatable bonds is 6. The number of nitrogens with zero attached hydrogens (tertiary/aromatic N) is 1. The molecule has 0 rings (SSSR count). The summed E-state index contributed by atoms with van der Waals surface area (Å²) in [5.74, 6) is 0. The van der Waals surface area contributed by atoms with Crippen molar-refractivity contribution >= 4 is 26.3 Å². The molecule has 4 heteroatoms. The van der Waals surface area contributed by atoms with Crippen LogP contribution >= 0.6 is 0 Å². The van der Waals surface area contributed by atoms with E-state index in [1.807, 2.05) is 39.8 Å². The Bertz CT molecular complexity index is 195. The molecule has 0 aromatic heterocycles. The number of unbranched alkanes of at least 4 members (excludes halogenated alkanes) is 1. The molecule has 0 bridgehead atoms. The Balaban J connectivity index is -0.000000439. The normalized spacial score (nSPS) is 11.6. The van der Waals surface area contributed by atoms with E-state index in [4.69, 9.17) is 0 Å². The van der Waals surface area contributed by atoms with Crippen LogP contribution in [0, 0.1) is 28.9 Å². The molecule has 0 heterocycles. The van der Waals surface area contributed by atoms with Crippen molar-refractivity contribution in [3.05, 3.63) is 0 Å². The van der Waals surface area contributed by atoms with Crippen molar-refractivity contribution < 1.29 is 20.8 Å². The van der Waals surface area contributed by atoms with E-state index in [0.29, 0.717) is 3.49 Å². The van der Waals surface area contributed by atoms with E-state index in [1.165, 1.54) is 39.8 Å². The predicted molar refractivity (Wildman–Crippen MR) is 74.9 cm³/mol. The standard InChI is InChI=1S/C9H19AtNO.C2H6.C2H2.Na/c1-5-6-7-10-9(12)8(2)11(3)4;2*1-2;/h8H,5-7H2,1-4H3;1-2H3;1-2H;/q+1;;;-1/t8-;;;/m0.../s1. The predicted octanol–water partition coefficient (Wildman–Crippen LogP) is 2.66. The van der Waals surface area contributed by atoms with Gasteiger partial charge in [0.05, 0.1) is 0 Å². The second-order valence-electron chi connectivity index (χ2n) is 3.58. The van der Waals surface area contributed by atoms with E-state index in [-0.39, 0.29) is 6.04 Å². The fourth-order valence-electron chi connectivity index (χ4n) is 0.900. The van der Waals surface area contributed by atoms with E-state index in [2.05, 4.69) is 19.8 Å². The van der Waals surface area contributed by atoms with Crippen molar-refractivity contribution in [3.63, 3.8) is 0 Å². The SMILES string of the molecule is C#C.CC.CCCC[At]([Na])C(=O)[C@H](C)N(C)C. The third-order valence-corrected chi connectivity index (χ3v) is 15.7. The molecule has 1 atom stereocenters. The summed E-state index contributed by atoms with van der Waals surface area (Å²) in [6, 6.07) is 0.179. The molecule has 0 aromatic carbocycles. The first-order valence-electron chi connectivity index (χ1n) is 6.10. The van der Waals surface area contributed by atoms with Crippen molar-refractivity contribution in [2.75, 3.05) is 14.1 Å². The second-order valence-corrected chi connectivity index (χ2v) is 19.1. The van der Waals surface area contributed by atoms with Gasteiger partial charge in [0.1, 0.15) is 0 Å².